The highest BCUT2D eigenvalue weighted by Crippen LogP contribution is 2.38. The molecule has 24 heavy (non-hydrogen) atoms. The van der Waals surface area contributed by atoms with Crippen molar-refractivity contribution in [3.63, 3.8) is 0 Å². The number of hydrogen-bond donors (Lipinski definition) is 0. The molecule has 4 rings (SSSR count). The molecule has 2 aromatic heterocycles. The molecule has 1 aliphatic rings. The van der Waals surface area contributed by atoms with E-state index in [2.05, 4.69) is 24.8 Å². The van der Waals surface area contributed by atoms with Crippen molar-refractivity contribution in [2.24, 2.45) is 0 Å². The molecular weight excluding hydrogens is 300 g/mol. The zero-order chi connectivity index (χ0) is 16.8. The zero-order valence-corrected chi connectivity index (χ0v) is 13.8. The van der Waals surface area contributed by atoms with Crippen LogP contribution in [0.15, 0.2) is 62.2 Å². The Hall–Kier alpha value is -2.81. The van der Waals surface area contributed by atoms with E-state index in [1.54, 1.807) is 0 Å². The Morgan fingerprint density at radius 3 is 2.79 bits per heavy atom. The molecule has 3 nitrogen and oxygen atoms in total. The monoisotopic (exact) mass is 318 g/mol. The zero-order valence-electron chi connectivity index (χ0n) is 13.8. The molecule has 0 aliphatic heterocycles. The van der Waals surface area contributed by atoms with Crippen molar-refractivity contribution in [3.05, 3.63) is 75.9 Å². The smallest absolute Gasteiger partial charge is 0.336 e. The summed E-state index contributed by atoms with van der Waals surface area (Å²) < 4.78 is 11.6. The van der Waals surface area contributed by atoms with Crippen LogP contribution in [0.2, 0.25) is 0 Å². The molecule has 0 unspecified atom stereocenters. The van der Waals surface area contributed by atoms with Gasteiger partial charge in [0.25, 0.3) is 0 Å². The lowest BCUT2D eigenvalue weighted by molar-refractivity contribution is 0.562. The minimum absolute atomic E-state index is 0.339. The van der Waals surface area contributed by atoms with Crippen molar-refractivity contribution in [1.82, 2.24) is 0 Å². The molecule has 0 spiro atoms. The maximum atomic E-state index is 11.8. The lowest BCUT2D eigenvalue weighted by atomic mass is 9.95. The maximum Gasteiger partial charge on any atom is 0.336 e. The van der Waals surface area contributed by atoms with Gasteiger partial charge in [0.2, 0.25) is 0 Å². The van der Waals surface area contributed by atoms with E-state index < -0.39 is 0 Å². The van der Waals surface area contributed by atoms with Crippen LogP contribution in [0.3, 0.4) is 0 Å². The molecule has 0 radical (unpaired) electrons. The van der Waals surface area contributed by atoms with Gasteiger partial charge < -0.3 is 8.83 Å². The highest BCUT2D eigenvalue weighted by Gasteiger charge is 2.19. The molecule has 0 saturated heterocycles. The summed E-state index contributed by atoms with van der Waals surface area (Å²) in [5.41, 5.74) is 4.92. The summed E-state index contributed by atoms with van der Waals surface area (Å²) in [7, 11) is 0. The molecule has 3 aromatic rings. The predicted octanol–water partition coefficient (Wildman–Crippen LogP) is 5.45. The second-order valence-corrected chi connectivity index (χ2v) is 6.26. The number of rotatable bonds is 2. The predicted molar refractivity (Wildman–Crippen MR) is 97.2 cm³/mol. The first kappa shape index (κ1) is 14.8. The highest BCUT2D eigenvalue weighted by molar-refractivity contribution is 6.06. The van der Waals surface area contributed by atoms with Crippen molar-refractivity contribution >= 4 is 27.5 Å². The highest BCUT2D eigenvalue weighted by atomic mass is 16.4. The standard InChI is InChI=1S/C21H18O3/c1-12-11-18(22)24-21-16(12)9-10-17-19(21)14(3)20(23-17)13(2)15-7-5-4-6-8-15/h4-5,7,9-11H,2,6,8H2,1,3H3. The summed E-state index contributed by atoms with van der Waals surface area (Å²) in [4.78, 5) is 11.8. The largest absolute Gasteiger partial charge is 0.456 e. The number of hydrogen-bond acceptors (Lipinski definition) is 3. The van der Waals surface area contributed by atoms with Crippen LogP contribution in [-0.4, -0.2) is 0 Å². The fraction of sp³-hybridized carbons (Fsp3) is 0.190. The number of allylic oxidation sites excluding steroid dienone is 5. The van der Waals surface area contributed by atoms with Crippen molar-refractivity contribution in [2.75, 3.05) is 0 Å². The average molecular weight is 318 g/mol. The first-order valence-electron chi connectivity index (χ1n) is 8.08. The van der Waals surface area contributed by atoms with Crippen molar-refractivity contribution < 1.29 is 8.83 Å². The summed E-state index contributed by atoms with van der Waals surface area (Å²) >= 11 is 0. The molecule has 0 amide bonds. The summed E-state index contributed by atoms with van der Waals surface area (Å²) in [6.07, 6.45) is 8.26. The summed E-state index contributed by atoms with van der Waals surface area (Å²) in [5, 5.41) is 1.79. The minimum atomic E-state index is -0.339. The number of fused-ring (bicyclic) bond motifs is 3. The van der Waals surface area contributed by atoms with Gasteiger partial charge in [-0.25, -0.2) is 4.79 Å². The van der Waals surface area contributed by atoms with Gasteiger partial charge in [0.15, 0.2) is 0 Å². The van der Waals surface area contributed by atoms with Crippen molar-refractivity contribution in [1.29, 1.82) is 0 Å². The first-order valence-corrected chi connectivity index (χ1v) is 8.08. The van der Waals surface area contributed by atoms with Crippen LogP contribution in [-0.2, 0) is 0 Å². The molecule has 0 atom stereocenters. The third-order valence-corrected chi connectivity index (χ3v) is 4.68. The third-order valence-electron chi connectivity index (χ3n) is 4.68. The van der Waals surface area contributed by atoms with Crippen LogP contribution in [0.25, 0.3) is 27.5 Å². The Labute approximate surface area is 139 Å². The van der Waals surface area contributed by atoms with E-state index in [1.165, 1.54) is 11.6 Å². The number of benzene rings is 1. The van der Waals surface area contributed by atoms with Crippen LogP contribution in [0, 0.1) is 13.8 Å². The Morgan fingerprint density at radius 1 is 1.21 bits per heavy atom. The topological polar surface area (TPSA) is 43.4 Å². The molecule has 0 fully saturated rings. The van der Waals surface area contributed by atoms with E-state index in [1.807, 2.05) is 26.0 Å². The molecule has 1 aliphatic carbocycles. The average Bonchev–Trinajstić information content (AvgIpc) is 2.92. The van der Waals surface area contributed by atoms with E-state index in [9.17, 15) is 4.79 Å². The van der Waals surface area contributed by atoms with E-state index in [-0.39, 0.29) is 5.63 Å². The van der Waals surface area contributed by atoms with Crippen LogP contribution in [0.1, 0.15) is 29.7 Å². The van der Waals surface area contributed by atoms with Crippen LogP contribution < -0.4 is 5.63 Å². The van der Waals surface area contributed by atoms with E-state index in [0.717, 1.165) is 51.7 Å². The Balaban J connectivity index is 2.00. The molecular formula is C21H18O3. The van der Waals surface area contributed by atoms with Gasteiger partial charge in [-0.15, -0.1) is 0 Å². The van der Waals surface area contributed by atoms with Crippen molar-refractivity contribution in [3.8, 4) is 0 Å². The Morgan fingerprint density at radius 2 is 2.04 bits per heavy atom. The molecule has 2 heterocycles. The third kappa shape index (κ3) is 2.16. The molecule has 0 N–H and O–H groups in total. The number of furan rings is 1. The summed E-state index contributed by atoms with van der Waals surface area (Å²) in [6, 6.07) is 5.39. The minimum Gasteiger partial charge on any atom is -0.456 e. The summed E-state index contributed by atoms with van der Waals surface area (Å²) in [5.74, 6) is 0.767. The van der Waals surface area contributed by atoms with Crippen LogP contribution >= 0.6 is 0 Å². The maximum absolute atomic E-state index is 11.8. The van der Waals surface area contributed by atoms with E-state index in [4.69, 9.17) is 8.83 Å². The summed E-state index contributed by atoms with van der Waals surface area (Å²) in [6.45, 7) is 8.14. The van der Waals surface area contributed by atoms with E-state index >= 15 is 0 Å². The second-order valence-electron chi connectivity index (χ2n) is 6.26. The van der Waals surface area contributed by atoms with E-state index in [0.29, 0.717) is 5.58 Å². The lowest BCUT2D eigenvalue weighted by Gasteiger charge is -2.10. The Bertz CT molecular complexity index is 1100. The van der Waals surface area contributed by atoms with Gasteiger partial charge in [0, 0.05) is 22.6 Å². The SMILES string of the molecule is C=C(C1=CC=CCC1)c1oc2ccc3c(C)cc(=O)oc3c2c1C. The van der Waals surface area contributed by atoms with Crippen LogP contribution in [0.5, 0.6) is 0 Å². The van der Waals surface area contributed by atoms with Gasteiger partial charge in [0.05, 0.1) is 5.39 Å². The second kappa shape index (κ2) is 5.38. The first-order chi connectivity index (χ1) is 11.6. The van der Waals surface area contributed by atoms with Crippen LogP contribution in [0.4, 0.5) is 0 Å². The van der Waals surface area contributed by atoms with Gasteiger partial charge in [-0.1, -0.05) is 24.8 Å². The molecule has 0 saturated carbocycles. The molecule has 120 valence electrons. The lowest BCUT2D eigenvalue weighted by Crippen LogP contribution is -1.98. The van der Waals surface area contributed by atoms with Crippen molar-refractivity contribution in [2.45, 2.75) is 26.7 Å². The fourth-order valence-electron chi connectivity index (χ4n) is 3.39. The normalized spacial score (nSPS) is 14.3. The molecule has 1 aromatic carbocycles. The van der Waals surface area contributed by atoms with Gasteiger partial charge in [-0.3, -0.25) is 0 Å². The number of aryl methyl sites for hydroxylation is 2. The molecule has 3 heteroatoms. The Kier molecular flexibility index (Phi) is 3.31. The van der Waals surface area contributed by atoms with Gasteiger partial charge in [-0.2, -0.15) is 0 Å². The van der Waals surface area contributed by atoms with Gasteiger partial charge >= 0.3 is 5.63 Å². The van der Waals surface area contributed by atoms with Gasteiger partial charge in [-0.05, 0) is 50.0 Å². The van der Waals surface area contributed by atoms with Gasteiger partial charge in [0.1, 0.15) is 16.9 Å². The molecule has 0 bridgehead atoms. The fourth-order valence-corrected chi connectivity index (χ4v) is 3.39. The quantitative estimate of drug-likeness (QED) is 0.590.